The van der Waals surface area contributed by atoms with Crippen LogP contribution in [0.25, 0.3) is 0 Å². The van der Waals surface area contributed by atoms with Crippen LogP contribution in [-0.4, -0.2) is 81.3 Å². The van der Waals surface area contributed by atoms with E-state index in [1.54, 1.807) is 23.2 Å². The number of fused-ring (bicyclic) bond motifs is 1. The third-order valence-electron chi connectivity index (χ3n) is 9.69. The predicted octanol–water partition coefficient (Wildman–Crippen LogP) is 1.62. The number of pyridine rings is 1. The van der Waals surface area contributed by atoms with E-state index >= 15 is 0 Å². The van der Waals surface area contributed by atoms with Crippen molar-refractivity contribution in [2.75, 3.05) is 6.54 Å². The summed E-state index contributed by atoms with van der Waals surface area (Å²) in [4.78, 5) is 70.4. The number of carbonyl (C=O) groups excluding carboxylic acids is 5. The van der Waals surface area contributed by atoms with Crippen molar-refractivity contribution in [1.82, 2.24) is 25.8 Å². The summed E-state index contributed by atoms with van der Waals surface area (Å²) in [6, 6.07) is -0.789. The monoisotopic (exact) mass is 612 g/mol. The summed E-state index contributed by atoms with van der Waals surface area (Å²) in [6.07, 6.45) is 3.96. The smallest absolute Gasteiger partial charge is 0.315 e. The molecule has 12 heteroatoms. The van der Waals surface area contributed by atoms with Crippen LogP contribution in [-0.2, 0) is 14.4 Å². The SMILES string of the molecule is CC(C)[C@H](NC(=O)N[C@H](C(O)N1C[C@H]2[C@@H]([C@H]1C(=O)NC(CC1CC1)C(=O)C(N)=O)C2(C)C)C(C)(C)C)C(=O)c1cccnc1. The molecule has 1 aromatic heterocycles. The minimum atomic E-state index is -1.26. The molecule has 2 aliphatic carbocycles. The highest BCUT2D eigenvalue weighted by Gasteiger charge is 2.69. The highest BCUT2D eigenvalue weighted by molar-refractivity contribution is 6.37. The third-order valence-corrected chi connectivity index (χ3v) is 9.69. The number of piperidine rings is 1. The first-order chi connectivity index (χ1) is 20.4. The molecule has 2 unspecified atom stereocenters. The maximum Gasteiger partial charge on any atom is 0.315 e. The number of Topliss-reactive ketones (excluding diaryl/α,β-unsaturated/α-hetero) is 2. The molecule has 4 rings (SSSR count). The van der Waals surface area contributed by atoms with Gasteiger partial charge in [-0.2, -0.15) is 0 Å². The van der Waals surface area contributed by atoms with Crippen molar-refractivity contribution in [3.8, 4) is 0 Å². The van der Waals surface area contributed by atoms with Crippen LogP contribution < -0.4 is 21.7 Å². The Morgan fingerprint density at radius 2 is 1.77 bits per heavy atom. The van der Waals surface area contributed by atoms with Crippen molar-refractivity contribution in [3.05, 3.63) is 30.1 Å². The summed E-state index contributed by atoms with van der Waals surface area (Å²) in [5, 5.41) is 20.3. The van der Waals surface area contributed by atoms with Crippen LogP contribution in [0.15, 0.2) is 24.5 Å². The van der Waals surface area contributed by atoms with E-state index in [2.05, 4.69) is 34.8 Å². The van der Waals surface area contributed by atoms with Crippen molar-refractivity contribution >= 4 is 29.4 Å². The Bertz CT molecular complexity index is 1270. The summed E-state index contributed by atoms with van der Waals surface area (Å²) >= 11 is 0. The Hall–Kier alpha value is -3.38. The zero-order valence-corrected chi connectivity index (χ0v) is 26.8. The number of ketones is 2. The van der Waals surface area contributed by atoms with Gasteiger partial charge in [0.2, 0.25) is 11.7 Å². The van der Waals surface area contributed by atoms with Gasteiger partial charge in [0.05, 0.1) is 24.2 Å². The van der Waals surface area contributed by atoms with E-state index in [1.165, 1.54) is 6.20 Å². The number of aromatic nitrogens is 1. The van der Waals surface area contributed by atoms with Crippen molar-refractivity contribution < 1.29 is 29.1 Å². The number of rotatable bonds is 13. The standard InChI is InChI=1S/C32H48N6O6/c1-16(2)22(24(39)18-9-8-12-34-14-18)36-30(44)37-26(31(3,4)5)29(43)38-15-19-21(32(19,6)7)23(38)28(42)35-20(13-17-10-11-17)25(40)27(33)41/h8-9,12,14,16-17,19-23,26,29,43H,10-11,13,15H2,1-7H3,(H2,33,41)(H,35,42)(H2,36,37,44)/t19-,20?,21-,22-,23-,26+,29?/m0/s1. The fourth-order valence-electron chi connectivity index (χ4n) is 6.72. The van der Waals surface area contributed by atoms with Gasteiger partial charge in [0.15, 0.2) is 5.78 Å². The van der Waals surface area contributed by atoms with Gasteiger partial charge in [-0.3, -0.25) is 29.1 Å². The van der Waals surface area contributed by atoms with Crippen LogP contribution in [0.5, 0.6) is 0 Å². The van der Waals surface area contributed by atoms with Crippen LogP contribution in [0, 0.1) is 34.5 Å². The lowest BCUT2D eigenvalue weighted by Gasteiger charge is -2.42. The number of hydrogen-bond donors (Lipinski definition) is 5. The van der Waals surface area contributed by atoms with Crippen LogP contribution in [0.3, 0.4) is 0 Å². The fourth-order valence-corrected chi connectivity index (χ4v) is 6.72. The molecule has 2 saturated carbocycles. The van der Waals surface area contributed by atoms with Crippen molar-refractivity contribution in [2.45, 2.75) is 98.1 Å². The molecule has 6 N–H and O–H groups in total. The van der Waals surface area contributed by atoms with Crippen molar-refractivity contribution in [2.24, 2.45) is 40.2 Å². The number of nitrogens with one attached hydrogen (secondary N) is 3. The summed E-state index contributed by atoms with van der Waals surface area (Å²) in [5.41, 5.74) is 4.86. The van der Waals surface area contributed by atoms with Crippen LogP contribution >= 0.6 is 0 Å². The van der Waals surface area contributed by atoms with Crippen molar-refractivity contribution in [3.63, 3.8) is 0 Å². The van der Waals surface area contributed by atoms with E-state index in [-0.39, 0.29) is 34.9 Å². The van der Waals surface area contributed by atoms with E-state index in [9.17, 15) is 29.1 Å². The molecule has 1 aromatic rings. The van der Waals surface area contributed by atoms with E-state index in [0.29, 0.717) is 18.5 Å². The first-order valence-corrected chi connectivity index (χ1v) is 15.5. The average molecular weight is 613 g/mol. The number of hydrogen-bond acceptors (Lipinski definition) is 8. The number of nitrogens with zero attached hydrogens (tertiary/aromatic N) is 2. The molecule has 3 fully saturated rings. The zero-order chi connectivity index (χ0) is 32.7. The molecule has 12 nitrogen and oxygen atoms in total. The number of urea groups is 1. The van der Waals surface area contributed by atoms with Gasteiger partial charge in [-0.15, -0.1) is 0 Å². The number of primary amides is 1. The van der Waals surface area contributed by atoms with E-state index < -0.39 is 59.4 Å². The van der Waals surface area contributed by atoms with E-state index in [4.69, 9.17) is 5.73 Å². The van der Waals surface area contributed by atoms with Crippen molar-refractivity contribution in [1.29, 1.82) is 0 Å². The van der Waals surface area contributed by atoms with Gasteiger partial charge < -0.3 is 26.8 Å². The number of carbonyl (C=O) groups is 5. The third kappa shape index (κ3) is 7.12. The van der Waals surface area contributed by atoms with Crippen LogP contribution in [0.2, 0.25) is 0 Å². The van der Waals surface area contributed by atoms with Gasteiger partial charge in [-0.1, -0.05) is 61.3 Å². The second-order valence-electron chi connectivity index (χ2n) is 14.8. The lowest BCUT2D eigenvalue weighted by atomic mass is 9.84. The Morgan fingerprint density at radius 1 is 1.11 bits per heavy atom. The first kappa shape index (κ1) is 33.5. The summed E-state index contributed by atoms with van der Waals surface area (Å²) in [5.74, 6) is -2.56. The largest absolute Gasteiger partial charge is 0.376 e. The first-order valence-electron chi connectivity index (χ1n) is 15.5. The van der Waals surface area contributed by atoms with Gasteiger partial charge in [0.25, 0.3) is 5.91 Å². The molecule has 2 heterocycles. The molecule has 0 radical (unpaired) electrons. The van der Waals surface area contributed by atoms with Crippen LogP contribution in [0.1, 0.15) is 78.1 Å². The average Bonchev–Trinajstić information content (AvgIpc) is 3.80. The Labute approximate surface area is 259 Å². The molecule has 1 aliphatic heterocycles. The maximum atomic E-state index is 13.8. The number of amides is 4. The highest BCUT2D eigenvalue weighted by Crippen LogP contribution is 2.65. The minimum Gasteiger partial charge on any atom is -0.376 e. The summed E-state index contributed by atoms with van der Waals surface area (Å²) in [7, 11) is 0. The minimum absolute atomic E-state index is 0.0840. The quantitative estimate of drug-likeness (QED) is 0.164. The Morgan fingerprint density at radius 3 is 2.30 bits per heavy atom. The number of likely N-dealkylation sites (tertiary alicyclic amines) is 1. The molecule has 44 heavy (non-hydrogen) atoms. The maximum absolute atomic E-state index is 13.8. The molecular formula is C32H48N6O6. The number of aliphatic hydroxyl groups excluding tert-OH is 1. The Kier molecular flexibility index (Phi) is 9.56. The molecule has 0 spiro atoms. The lowest BCUT2D eigenvalue weighted by molar-refractivity contribution is -0.141. The predicted molar refractivity (Wildman–Crippen MR) is 163 cm³/mol. The molecule has 1 saturated heterocycles. The Balaban J connectivity index is 1.52. The topological polar surface area (TPSA) is 184 Å². The molecule has 0 aromatic carbocycles. The molecule has 0 bridgehead atoms. The molecule has 4 amide bonds. The van der Waals surface area contributed by atoms with E-state index in [0.717, 1.165) is 12.8 Å². The van der Waals surface area contributed by atoms with Gasteiger partial charge in [0, 0.05) is 24.5 Å². The van der Waals surface area contributed by atoms with Crippen LogP contribution in [0.4, 0.5) is 4.79 Å². The molecule has 7 atom stereocenters. The zero-order valence-electron chi connectivity index (χ0n) is 26.8. The normalized spacial score (nSPS) is 25.2. The summed E-state index contributed by atoms with van der Waals surface area (Å²) < 4.78 is 0. The van der Waals surface area contributed by atoms with Gasteiger partial charge in [-0.05, 0) is 53.1 Å². The fraction of sp³-hybridized carbons (Fsp3) is 0.688. The molecule has 242 valence electrons. The van der Waals surface area contributed by atoms with Gasteiger partial charge >= 0.3 is 6.03 Å². The molecule has 3 aliphatic rings. The number of aliphatic hydroxyl groups is 1. The second-order valence-corrected chi connectivity index (χ2v) is 14.8. The molecular weight excluding hydrogens is 564 g/mol. The summed E-state index contributed by atoms with van der Waals surface area (Å²) in [6.45, 7) is 13.8. The lowest BCUT2D eigenvalue weighted by Crippen LogP contribution is -2.64. The highest BCUT2D eigenvalue weighted by atomic mass is 16.3. The number of nitrogens with two attached hydrogens (primary N) is 1. The second kappa shape index (κ2) is 12.5. The van der Waals surface area contributed by atoms with E-state index in [1.807, 2.05) is 34.6 Å². The van der Waals surface area contributed by atoms with Gasteiger partial charge in [-0.25, -0.2) is 4.79 Å². The van der Waals surface area contributed by atoms with Gasteiger partial charge in [0.1, 0.15) is 6.23 Å².